The van der Waals surface area contributed by atoms with Gasteiger partial charge in [-0.15, -0.1) is 0 Å². The summed E-state index contributed by atoms with van der Waals surface area (Å²) in [5.74, 6) is -0.814. The molecule has 0 fully saturated rings. The number of aromatic nitrogens is 1. The summed E-state index contributed by atoms with van der Waals surface area (Å²) in [4.78, 5) is 14.9. The first kappa shape index (κ1) is 15.8. The number of aryl methyl sites for hydroxylation is 1. The van der Waals surface area contributed by atoms with Gasteiger partial charge >= 0.3 is 0 Å². The lowest BCUT2D eigenvalue weighted by Crippen LogP contribution is -2.11. The third kappa shape index (κ3) is 3.74. The van der Waals surface area contributed by atoms with Crippen LogP contribution in [0.4, 0.5) is 0 Å². The highest BCUT2D eigenvalue weighted by atomic mass is 35.5. The lowest BCUT2D eigenvalue weighted by molar-refractivity contribution is 0.0998. The molecule has 0 saturated heterocycles. The van der Waals surface area contributed by atoms with Crippen molar-refractivity contribution in [3.63, 3.8) is 0 Å². The Labute approximate surface area is 133 Å². The highest BCUT2D eigenvalue weighted by Gasteiger charge is 2.10. The molecule has 1 amide bonds. The van der Waals surface area contributed by atoms with E-state index < -0.39 is 5.91 Å². The molecule has 3 rings (SSSR count). The number of carbonyl (C=O) groups is 1. The summed E-state index contributed by atoms with van der Waals surface area (Å²) in [5, 5.41) is 11.2. The molecule has 3 aromatic rings. The van der Waals surface area contributed by atoms with Crippen LogP contribution in [0.2, 0.25) is 5.02 Å². The Kier molecular flexibility index (Phi) is 4.96. The Morgan fingerprint density at radius 3 is 2.55 bits per heavy atom. The van der Waals surface area contributed by atoms with Gasteiger partial charge in [-0.05, 0) is 36.8 Å². The second kappa shape index (κ2) is 6.91. The maximum Gasteiger partial charge on any atom is 0.252 e. The quantitative estimate of drug-likeness (QED) is 0.719. The maximum absolute atomic E-state index is 10.9. The number of benzene rings is 2. The van der Waals surface area contributed by atoms with Gasteiger partial charge in [0.25, 0.3) is 5.91 Å². The van der Waals surface area contributed by atoms with Crippen LogP contribution >= 0.6 is 11.6 Å². The number of hydrogen-bond acceptors (Lipinski definition) is 3. The number of phenols is 1. The molecule has 0 radical (unpaired) electrons. The van der Waals surface area contributed by atoms with Gasteiger partial charge in [0.15, 0.2) is 5.75 Å². The molecule has 3 N–H and O–H groups in total. The van der Waals surface area contributed by atoms with Crippen LogP contribution in [0.3, 0.4) is 0 Å². The smallest absolute Gasteiger partial charge is 0.252 e. The molecule has 4 nitrogen and oxygen atoms in total. The normalized spacial score (nSPS) is 9.91. The Morgan fingerprint density at radius 1 is 1.18 bits per heavy atom. The van der Waals surface area contributed by atoms with E-state index in [1.807, 2.05) is 31.2 Å². The minimum absolute atomic E-state index is 0.0937. The van der Waals surface area contributed by atoms with Crippen LogP contribution in [0, 0.1) is 6.92 Å². The van der Waals surface area contributed by atoms with E-state index >= 15 is 0 Å². The van der Waals surface area contributed by atoms with Gasteiger partial charge in [-0.1, -0.05) is 35.9 Å². The van der Waals surface area contributed by atoms with Crippen LogP contribution < -0.4 is 5.73 Å². The van der Waals surface area contributed by atoms with E-state index in [9.17, 15) is 9.90 Å². The molecule has 0 aliphatic heterocycles. The summed E-state index contributed by atoms with van der Waals surface area (Å²) < 4.78 is 0. The van der Waals surface area contributed by atoms with Crippen LogP contribution in [0.5, 0.6) is 5.75 Å². The van der Waals surface area contributed by atoms with E-state index in [-0.39, 0.29) is 11.3 Å². The molecule has 1 heterocycles. The number of rotatable bonds is 1. The number of aromatic hydroxyl groups is 1. The van der Waals surface area contributed by atoms with Crippen molar-refractivity contribution in [2.24, 2.45) is 5.73 Å². The summed E-state index contributed by atoms with van der Waals surface area (Å²) in [7, 11) is 0. The van der Waals surface area contributed by atoms with Crippen molar-refractivity contribution < 1.29 is 9.90 Å². The zero-order chi connectivity index (χ0) is 16.1. The van der Waals surface area contributed by atoms with Crippen molar-refractivity contribution in [2.45, 2.75) is 6.92 Å². The largest absolute Gasteiger partial charge is 0.505 e. The molecular formula is C17H15ClN2O2. The number of nitrogens with two attached hydrogens (primary N) is 1. The zero-order valence-corrected chi connectivity index (χ0v) is 12.7. The average molecular weight is 315 g/mol. The summed E-state index contributed by atoms with van der Waals surface area (Å²) in [6.45, 7) is 2.02. The first-order chi connectivity index (χ1) is 10.5. The van der Waals surface area contributed by atoms with E-state index in [4.69, 9.17) is 17.3 Å². The standard InChI is InChI=1S/C10H8N2O2.C7H7Cl/c11-10(14)7-4-3-6-2-1-5-12-8(6)9(7)13;1-6-3-2-4-7(8)5-6/h1-5,13H,(H2,11,14);2-5H,1H3. The van der Waals surface area contributed by atoms with Gasteiger partial charge in [0.05, 0.1) is 5.56 Å². The fourth-order valence-electron chi connectivity index (χ4n) is 1.93. The monoisotopic (exact) mass is 314 g/mol. The number of nitrogens with zero attached hydrogens (tertiary/aromatic N) is 1. The molecule has 0 saturated carbocycles. The van der Waals surface area contributed by atoms with Crippen molar-refractivity contribution in [3.05, 3.63) is 70.9 Å². The van der Waals surface area contributed by atoms with Gasteiger partial charge in [0.2, 0.25) is 0 Å². The van der Waals surface area contributed by atoms with Crippen molar-refractivity contribution in [1.29, 1.82) is 0 Å². The lowest BCUT2D eigenvalue weighted by Gasteiger charge is -2.03. The number of halogens is 1. The molecule has 2 aromatic carbocycles. The second-order valence-corrected chi connectivity index (χ2v) is 5.14. The molecule has 5 heteroatoms. The Hall–Kier alpha value is -2.59. The molecule has 0 atom stereocenters. The van der Waals surface area contributed by atoms with Gasteiger partial charge in [-0.25, -0.2) is 0 Å². The number of fused-ring (bicyclic) bond motifs is 1. The van der Waals surface area contributed by atoms with E-state index in [2.05, 4.69) is 4.98 Å². The number of carbonyl (C=O) groups excluding carboxylic acids is 1. The molecule has 112 valence electrons. The number of hydrogen-bond donors (Lipinski definition) is 2. The molecule has 0 spiro atoms. The Bertz CT molecular complexity index is 801. The average Bonchev–Trinajstić information content (AvgIpc) is 2.48. The number of amides is 1. The van der Waals surface area contributed by atoms with Gasteiger partial charge in [0.1, 0.15) is 5.52 Å². The van der Waals surface area contributed by atoms with Crippen molar-refractivity contribution in [3.8, 4) is 5.75 Å². The molecule has 0 bridgehead atoms. The second-order valence-electron chi connectivity index (χ2n) is 4.70. The Balaban J connectivity index is 0.000000188. The first-order valence-electron chi connectivity index (χ1n) is 6.57. The highest BCUT2D eigenvalue weighted by Crippen LogP contribution is 2.25. The fourth-order valence-corrected chi connectivity index (χ4v) is 2.18. The van der Waals surface area contributed by atoms with Gasteiger partial charge in [-0.2, -0.15) is 0 Å². The van der Waals surface area contributed by atoms with Crippen LogP contribution in [0.25, 0.3) is 10.9 Å². The van der Waals surface area contributed by atoms with Gasteiger partial charge < -0.3 is 10.8 Å². The minimum atomic E-state index is -0.657. The van der Waals surface area contributed by atoms with Crippen LogP contribution in [0.1, 0.15) is 15.9 Å². The zero-order valence-electron chi connectivity index (χ0n) is 12.0. The maximum atomic E-state index is 10.9. The van der Waals surface area contributed by atoms with Crippen LogP contribution in [0.15, 0.2) is 54.7 Å². The molecule has 0 unspecified atom stereocenters. The van der Waals surface area contributed by atoms with Crippen molar-refractivity contribution in [2.75, 3.05) is 0 Å². The topological polar surface area (TPSA) is 76.2 Å². The molecule has 22 heavy (non-hydrogen) atoms. The summed E-state index contributed by atoms with van der Waals surface area (Å²) in [6.07, 6.45) is 1.55. The van der Waals surface area contributed by atoms with Gasteiger partial charge in [-0.3, -0.25) is 9.78 Å². The highest BCUT2D eigenvalue weighted by molar-refractivity contribution is 6.30. The molecule has 0 aliphatic rings. The van der Waals surface area contributed by atoms with Crippen molar-refractivity contribution >= 4 is 28.4 Å². The SMILES string of the molecule is Cc1cccc(Cl)c1.NC(=O)c1ccc2cccnc2c1O. The van der Waals surface area contributed by atoms with E-state index in [0.29, 0.717) is 5.52 Å². The minimum Gasteiger partial charge on any atom is -0.505 e. The molecule has 1 aromatic heterocycles. The van der Waals surface area contributed by atoms with Crippen molar-refractivity contribution in [1.82, 2.24) is 4.98 Å². The lowest BCUT2D eigenvalue weighted by atomic mass is 10.1. The summed E-state index contributed by atoms with van der Waals surface area (Å²) >= 11 is 5.64. The van der Waals surface area contributed by atoms with Crippen LogP contribution in [-0.4, -0.2) is 16.0 Å². The van der Waals surface area contributed by atoms with E-state index in [1.165, 1.54) is 11.6 Å². The van der Waals surface area contributed by atoms with E-state index in [0.717, 1.165) is 10.4 Å². The number of pyridine rings is 1. The molecule has 0 aliphatic carbocycles. The first-order valence-corrected chi connectivity index (χ1v) is 6.95. The van der Waals surface area contributed by atoms with Crippen LogP contribution in [-0.2, 0) is 0 Å². The predicted molar refractivity (Wildman–Crippen MR) is 88.1 cm³/mol. The summed E-state index contributed by atoms with van der Waals surface area (Å²) in [6, 6.07) is 14.5. The third-order valence-electron chi connectivity index (χ3n) is 2.99. The number of primary amides is 1. The summed E-state index contributed by atoms with van der Waals surface area (Å²) in [5.41, 5.74) is 6.77. The molecular weight excluding hydrogens is 300 g/mol. The third-order valence-corrected chi connectivity index (χ3v) is 3.23. The van der Waals surface area contributed by atoms with E-state index in [1.54, 1.807) is 24.4 Å². The Morgan fingerprint density at radius 2 is 1.95 bits per heavy atom. The fraction of sp³-hybridized carbons (Fsp3) is 0.0588. The van der Waals surface area contributed by atoms with Gasteiger partial charge in [0, 0.05) is 16.6 Å². The predicted octanol–water partition coefficient (Wildman–Crippen LogP) is 3.69.